The lowest BCUT2D eigenvalue weighted by atomic mass is 9.93. The lowest BCUT2D eigenvalue weighted by Crippen LogP contribution is -2.50. The van der Waals surface area contributed by atoms with Crippen molar-refractivity contribution in [1.29, 1.82) is 0 Å². The van der Waals surface area contributed by atoms with Crippen molar-refractivity contribution in [3.05, 3.63) is 82.2 Å². The summed E-state index contributed by atoms with van der Waals surface area (Å²) in [5.74, 6) is 0. The molecule has 2 heterocycles. The number of rotatable bonds is 3. The van der Waals surface area contributed by atoms with Gasteiger partial charge in [-0.2, -0.15) is 9.40 Å². The van der Waals surface area contributed by atoms with Crippen molar-refractivity contribution in [2.24, 2.45) is 7.05 Å². The van der Waals surface area contributed by atoms with Crippen molar-refractivity contribution >= 4 is 10.0 Å². The predicted molar refractivity (Wildman–Crippen MR) is 125 cm³/mol. The van der Waals surface area contributed by atoms with Gasteiger partial charge in [-0.05, 0) is 48.9 Å². The summed E-state index contributed by atoms with van der Waals surface area (Å²) in [6.07, 6.45) is 2.08. The van der Waals surface area contributed by atoms with Gasteiger partial charge in [0.15, 0.2) is 0 Å². The third-order valence-corrected chi connectivity index (χ3v) is 9.19. The van der Waals surface area contributed by atoms with Gasteiger partial charge in [-0.1, -0.05) is 48.5 Å². The highest BCUT2D eigenvalue weighted by atomic mass is 32.2. The molecule has 5 rings (SSSR count). The Labute approximate surface area is 190 Å². The Morgan fingerprint density at radius 1 is 0.844 bits per heavy atom. The van der Waals surface area contributed by atoms with Gasteiger partial charge in [-0.15, -0.1) is 0 Å². The fourth-order valence-corrected chi connectivity index (χ4v) is 7.17. The van der Waals surface area contributed by atoms with Gasteiger partial charge in [-0.3, -0.25) is 9.58 Å². The van der Waals surface area contributed by atoms with Crippen molar-refractivity contribution in [2.45, 2.75) is 37.6 Å². The van der Waals surface area contributed by atoms with E-state index in [1.165, 1.54) is 22.3 Å². The first kappa shape index (κ1) is 21.4. The molecule has 2 aliphatic rings. The van der Waals surface area contributed by atoms with Crippen LogP contribution in [0.4, 0.5) is 0 Å². The number of hydrogen-bond donors (Lipinski definition) is 0. The third-order valence-electron chi connectivity index (χ3n) is 7.04. The highest BCUT2D eigenvalue weighted by molar-refractivity contribution is 7.89. The minimum atomic E-state index is -3.56. The first-order valence-corrected chi connectivity index (χ1v) is 12.7. The first-order valence-electron chi connectivity index (χ1n) is 11.3. The molecule has 0 bridgehead atoms. The van der Waals surface area contributed by atoms with E-state index in [1.54, 1.807) is 23.0 Å². The zero-order chi connectivity index (χ0) is 22.5. The Balaban J connectivity index is 1.45. The van der Waals surface area contributed by atoms with Gasteiger partial charge in [0.05, 0.1) is 17.4 Å². The second-order valence-corrected chi connectivity index (χ2v) is 10.7. The maximum absolute atomic E-state index is 13.4. The molecule has 0 radical (unpaired) electrons. The SMILES string of the molecule is Cc1nn(C)c(C)c1S(=O)(=O)N1CCN(C2c3ccccc3CCc3ccccc32)CC1. The molecule has 6 nitrogen and oxygen atoms in total. The van der Waals surface area contributed by atoms with Gasteiger partial charge >= 0.3 is 0 Å². The zero-order valence-corrected chi connectivity index (χ0v) is 19.8. The minimum Gasteiger partial charge on any atom is -0.290 e. The summed E-state index contributed by atoms with van der Waals surface area (Å²) in [4.78, 5) is 2.82. The van der Waals surface area contributed by atoms with Gasteiger partial charge in [0.1, 0.15) is 4.90 Å². The monoisotopic (exact) mass is 450 g/mol. The highest BCUT2D eigenvalue weighted by Gasteiger charge is 2.36. The molecule has 1 aliphatic heterocycles. The maximum atomic E-state index is 13.4. The summed E-state index contributed by atoms with van der Waals surface area (Å²) < 4.78 is 30.1. The number of aryl methyl sites for hydroxylation is 4. The van der Waals surface area contributed by atoms with E-state index in [1.807, 2.05) is 6.92 Å². The van der Waals surface area contributed by atoms with Crippen molar-refractivity contribution in [1.82, 2.24) is 19.0 Å². The summed E-state index contributed by atoms with van der Waals surface area (Å²) in [5, 5.41) is 4.32. The normalized spacial score (nSPS) is 18.2. The fourth-order valence-electron chi connectivity index (χ4n) is 5.35. The van der Waals surface area contributed by atoms with E-state index in [0.29, 0.717) is 42.5 Å². The van der Waals surface area contributed by atoms with Gasteiger partial charge in [0.25, 0.3) is 0 Å². The van der Waals surface area contributed by atoms with Crippen LogP contribution in [-0.2, 0) is 29.9 Å². The molecule has 32 heavy (non-hydrogen) atoms. The van der Waals surface area contributed by atoms with Crippen LogP contribution < -0.4 is 0 Å². The molecule has 0 N–H and O–H groups in total. The summed E-state index contributed by atoms with van der Waals surface area (Å²) >= 11 is 0. The Kier molecular flexibility index (Phi) is 5.43. The fraction of sp³-hybridized carbons (Fsp3) is 0.400. The van der Waals surface area contributed by atoms with Crippen molar-refractivity contribution in [3.8, 4) is 0 Å². The number of aromatic nitrogens is 2. The number of hydrogen-bond acceptors (Lipinski definition) is 4. The molecule has 2 aromatic carbocycles. The molecule has 0 saturated carbocycles. The third kappa shape index (κ3) is 3.49. The lowest BCUT2D eigenvalue weighted by molar-refractivity contribution is 0.155. The maximum Gasteiger partial charge on any atom is 0.246 e. The molecule has 7 heteroatoms. The average Bonchev–Trinajstić information content (AvgIpc) is 2.96. The van der Waals surface area contributed by atoms with Crippen LogP contribution >= 0.6 is 0 Å². The molecule has 1 saturated heterocycles. The lowest BCUT2D eigenvalue weighted by Gasteiger charge is -2.39. The van der Waals surface area contributed by atoms with Crippen LogP contribution in [0.15, 0.2) is 53.4 Å². The van der Waals surface area contributed by atoms with E-state index in [9.17, 15) is 8.42 Å². The Morgan fingerprint density at radius 3 is 1.88 bits per heavy atom. The van der Waals surface area contributed by atoms with Crippen LogP contribution in [0, 0.1) is 13.8 Å². The second-order valence-electron chi connectivity index (χ2n) is 8.86. The van der Waals surface area contributed by atoms with Gasteiger partial charge in [-0.25, -0.2) is 8.42 Å². The number of sulfonamides is 1. The summed E-state index contributed by atoms with van der Waals surface area (Å²) in [6, 6.07) is 17.6. The molecule has 0 amide bonds. The van der Waals surface area contributed by atoms with Crippen LogP contribution in [0.2, 0.25) is 0 Å². The Hall–Kier alpha value is -2.48. The Bertz CT molecular complexity index is 1210. The van der Waals surface area contributed by atoms with Gasteiger partial charge < -0.3 is 0 Å². The number of nitrogens with zero attached hydrogens (tertiary/aromatic N) is 4. The van der Waals surface area contributed by atoms with E-state index in [-0.39, 0.29) is 6.04 Å². The van der Waals surface area contributed by atoms with Crippen molar-refractivity contribution in [2.75, 3.05) is 26.2 Å². The number of piperazine rings is 1. The summed E-state index contributed by atoms with van der Waals surface area (Å²) in [7, 11) is -1.77. The number of benzene rings is 2. The Morgan fingerprint density at radius 2 is 1.38 bits per heavy atom. The van der Waals surface area contributed by atoms with E-state index < -0.39 is 10.0 Å². The molecule has 0 atom stereocenters. The average molecular weight is 451 g/mol. The van der Waals surface area contributed by atoms with Crippen LogP contribution in [0.3, 0.4) is 0 Å². The molecule has 1 fully saturated rings. The minimum absolute atomic E-state index is 0.164. The zero-order valence-electron chi connectivity index (χ0n) is 19.0. The second kappa shape index (κ2) is 8.14. The first-order chi connectivity index (χ1) is 15.4. The van der Waals surface area contributed by atoms with E-state index in [2.05, 4.69) is 58.5 Å². The van der Waals surface area contributed by atoms with E-state index in [0.717, 1.165) is 12.8 Å². The molecule has 0 spiro atoms. The van der Waals surface area contributed by atoms with Crippen molar-refractivity contribution in [3.63, 3.8) is 0 Å². The molecule has 1 aromatic heterocycles. The van der Waals surface area contributed by atoms with Gasteiger partial charge in [0.2, 0.25) is 10.0 Å². The standard InChI is InChI=1S/C25H30N4O2S/c1-18-25(19(2)27(3)26-18)32(30,31)29-16-14-28(15-17-29)24-22-10-6-4-8-20(22)12-13-21-9-5-7-11-23(21)24/h4-11,24H,12-17H2,1-3H3. The number of fused-ring (bicyclic) bond motifs is 2. The summed E-state index contributed by atoms with van der Waals surface area (Å²) in [5.41, 5.74) is 6.76. The predicted octanol–water partition coefficient (Wildman–Crippen LogP) is 3.23. The topological polar surface area (TPSA) is 58.4 Å². The van der Waals surface area contributed by atoms with Crippen LogP contribution in [0.5, 0.6) is 0 Å². The largest absolute Gasteiger partial charge is 0.290 e. The molecule has 168 valence electrons. The molecule has 0 unspecified atom stereocenters. The van der Waals surface area contributed by atoms with Crippen LogP contribution in [-0.4, -0.2) is 53.6 Å². The molecule has 3 aromatic rings. The van der Waals surface area contributed by atoms with E-state index >= 15 is 0 Å². The highest BCUT2D eigenvalue weighted by Crippen LogP contribution is 2.37. The van der Waals surface area contributed by atoms with Gasteiger partial charge in [0, 0.05) is 33.2 Å². The quantitative estimate of drug-likeness (QED) is 0.615. The molecular formula is C25H30N4O2S. The summed E-state index contributed by atoms with van der Waals surface area (Å²) in [6.45, 7) is 5.96. The van der Waals surface area contributed by atoms with Crippen molar-refractivity contribution < 1.29 is 8.42 Å². The van der Waals surface area contributed by atoms with Crippen LogP contribution in [0.1, 0.15) is 39.7 Å². The molecule has 1 aliphatic carbocycles. The van der Waals surface area contributed by atoms with Crippen LogP contribution in [0.25, 0.3) is 0 Å². The smallest absolute Gasteiger partial charge is 0.246 e. The molecular weight excluding hydrogens is 420 g/mol. The van der Waals surface area contributed by atoms with E-state index in [4.69, 9.17) is 0 Å².